The number of carbonyl (C=O) groups is 1. The van der Waals surface area contributed by atoms with E-state index in [9.17, 15) is 9.18 Å². The lowest BCUT2D eigenvalue weighted by Crippen LogP contribution is -2.00. The second kappa shape index (κ2) is 14.1. The van der Waals surface area contributed by atoms with Crippen LogP contribution < -0.4 is 0 Å². The quantitative estimate of drug-likeness (QED) is 0.181. The van der Waals surface area contributed by atoms with E-state index < -0.39 is 0 Å². The molecule has 1 nitrogen and oxygen atoms in total. The van der Waals surface area contributed by atoms with Gasteiger partial charge in [0.2, 0.25) is 0 Å². The Bertz CT molecular complexity index is 1100. The van der Waals surface area contributed by atoms with Crippen LogP contribution in [0.5, 0.6) is 0 Å². The number of halogens is 1. The van der Waals surface area contributed by atoms with E-state index in [-0.39, 0.29) is 11.6 Å². The highest BCUT2D eigenvalue weighted by atomic mass is 32.2. The Hall–Kier alpha value is -3.08. The standard InChI is InChI=1S/C20H16OS.C6H5FS.C3H6/c1-15-7-11-18(12-8-15)22-19-13-9-17(10-14-19)20(21)16-5-3-2-4-6-16;7-5-1-3-6(8)4-2-5;1-3-2/h2-14H,1H3;1-4,8H;3H,1H2,2H3. The molecule has 4 heteroatoms. The van der Waals surface area contributed by atoms with Gasteiger partial charge in [0.05, 0.1) is 0 Å². The highest BCUT2D eigenvalue weighted by molar-refractivity contribution is 7.99. The summed E-state index contributed by atoms with van der Waals surface area (Å²) >= 11 is 5.67. The van der Waals surface area contributed by atoms with Crippen molar-refractivity contribution >= 4 is 30.2 Å². The molecule has 0 atom stereocenters. The third kappa shape index (κ3) is 9.52. The average Bonchev–Trinajstić information content (AvgIpc) is 2.84. The number of hydrogen-bond donors (Lipinski definition) is 1. The first kappa shape index (κ1) is 26.2. The molecule has 0 heterocycles. The van der Waals surface area contributed by atoms with Crippen LogP contribution >= 0.6 is 24.4 Å². The van der Waals surface area contributed by atoms with Gasteiger partial charge in [-0.2, -0.15) is 0 Å². The second-order valence-electron chi connectivity index (χ2n) is 7.02. The van der Waals surface area contributed by atoms with Crippen molar-refractivity contribution in [2.24, 2.45) is 0 Å². The van der Waals surface area contributed by atoms with Crippen molar-refractivity contribution in [3.63, 3.8) is 0 Å². The van der Waals surface area contributed by atoms with Gasteiger partial charge < -0.3 is 0 Å². The SMILES string of the molecule is C=CC.Cc1ccc(Sc2ccc(C(=O)c3ccccc3)cc2)cc1.Fc1ccc(S)cc1. The molecule has 0 saturated carbocycles. The van der Waals surface area contributed by atoms with Crippen molar-refractivity contribution in [3.05, 3.63) is 138 Å². The van der Waals surface area contributed by atoms with Crippen molar-refractivity contribution < 1.29 is 9.18 Å². The lowest BCUT2D eigenvalue weighted by Gasteiger charge is -2.04. The molecule has 4 rings (SSSR count). The number of allylic oxidation sites excluding steroid dienone is 1. The van der Waals surface area contributed by atoms with E-state index in [2.05, 4.69) is 50.4 Å². The van der Waals surface area contributed by atoms with Gasteiger partial charge in [0.25, 0.3) is 0 Å². The number of ketones is 1. The summed E-state index contributed by atoms with van der Waals surface area (Å²) in [6.07, 6.45) is 1.75. The van der Waals surface area contributed by atoms with E-state index in [1.807, 2.05) is 61.5 Å². The van der Waals surface area contributed by atoms with Gasteiger partial charge in [-0.05, 0) is 74.5 Å². The first-order chi connectivity index (χ1) is 15.9. The van der Waals surface area contributed by atoms with Crippen molar-refractivity contribution in [1.29, 1.82) is 0 Å². The number of carbonyl (C=O) groups excluding carboxylic acids is 1. The monoisotopic (exact) mass is 474 g/mol. The van der Waals surface area contributed by atoms with Crippen LogP contribution in [0.4, 0.5) is 4.39 Å². The van der Waals surface area contributed by atoms with Crippen LogP contribution in [0.25, 0.3) is 0 Å². The number of aryl methyl sites for hydroxylation is 1. The molecule has 0 N–H and O–H groups in total. The number of thiol groups is 1. The molecule has 168 valence electrons. The van der Waals surface area contributed by atoms with E-state index in [4.69, 9.17) is 0 Å². The Morgan fingerprint density at radius 3 is 1.73 bits per heavy atom. The smallest absolute Gasteiger partial charge is 0.193 e. The maximum Gasteiger partial charge on any atom is 0.193 e. The average molecular weight is 475 g/mol. The molecular weight excluding hydrogens is 447 g/mol. The van der Waals surface area contributed by atoms with Crippen LogP contribution in [0.2, 0.25) is 0 Å². The normalized spacial score (nSPS) is 9.58. The molecule has 0 unspecified atom stereocenters. The topological polar surface area (TPSA) is 17.1 Å². The van der Waals surface area contributed by atoms with E-state index >= 15 is 0 Å². The van der Waals surface area contributed by atoms with E-state index in [0.717, 1.165) is 20.9 Å². The van der Waals surface area contributed by atoms with Crippen LogP contribution in [-0.2, 0) is 0 Å². The molecule has 0 aliphatic heterocycles. The molecule has 0 bridgehead atoms. The molecule has 0 aromatic heterocycles. The minimum absolute atomic E-state index is 0.0625. The van der Waals surface area contributed by atoms with Gasteiger partial charge >= 0.3 is 0 Å². The van der Waals surface area contributed by atoms with E-state index in [0.29, 0.717) is 0 Å². The fourth-order valence-corrected chi connectivity index (χ4v) is 3.58. The van der Waals surface area contributed by atoms with E-state index in [1.165, 1.54) is 22.6 Å². The van der Waals surface area contributed by atoms with Crippen molar-refractivity contribution in [2.75, 3.05) is 0 Å². The fraction of sp³-hybridized carbons (Fsp3) is 0.0690. The first-order valence-electron chi connectivity index (χ1n) is 10.4. The highest BCUT2D eigenvalue weighted by Crippen LogP contribution is 2.28. The van der Waals surface area contributed by atoms with Gasteiger partial charge in [0.1, 0.15) is 5.82 Å². The summed E-state index contributed by atoms with van der Waals surface area (Å²) in [5.41, 5.74) is 2.70. The Morgan fingerprint density at radius 1 is 0.788 bits per heavy atom. The van der Waals surface area contributed by atoms with Gasteiger partial charge in [-0.25, -0.2) is 4.39 Å². The number of benzene rings is 4. The van der Waals surface area contributed by atoms with Gasteiger partial charge in [0.15, 0.2) is 5.78 Å². The summed E-state index contributed by atoms with van der Waals surface area (Å²) in [6.45, 7) is 7.33. The minimum atomic E-state index is -0.220. The third-order valence-corrected chi connectivity index (χ3v) is 5.55. The zero-order valence-electron chi connectivity index (χ0n) is 18.7. The fourth-order valence-electron chi connectivity index (χ4n) is 2.61. The van der Waals surface area contributed by atoms with Gasteiger partial charge in [-0.1, -0.05) is 65.9 Å². The summed E-state index contributed by atoms with van der Waals surface area (Å²) in [5.74, 6) is -0.157. The van der Waals surface area contributed by atoms with Crippen molar-refractivity contribution in [1.82, 2.24) is 0 Å². The molecule has 4 aromatic rings. The van der Waals surface area contributed by atoms with Gasteiger partial charge in [-0.3, -0.25) is 4.79 Å². The molecule has 0 saturated heterocycles. The Balaban J connectivity index is 0.000000291. The third-order valence-electron chi connectivity index (χ3n) is 4.24. The van der Waals surface area contributed by atoms with Gasteiger partial charge in [-0.15, -0.1) is 19.2 Å². The molecule has 0 fully saturated rings. The van der Waals surface area contributed by atoms with Crippen molar-refractivity contribution in [2.45, 2.75) is 28.5 Å². The molecular formula is C29H27FOS2. The summed E-state index contributed by atoms with van der Waals surface area (Å²) in [7, 11) is 0. The Kier molecular flexibility index (Phi) is 11.2. The van der Waals surface area contributed by atoms with Gasteiger partial charge in [0, 0.05) is 25.8 Å². The molecule has 0 aliphatic carbocycles. The molecule has 0 aliphatic rings. The molecule has 4 aromatic carbocycles. The predicted octanol–water partition coefficient (Wildman–Crippen LogP) is 8.68. The van der Waals surface area contributed by atoms with Crippen molar-refractivity contribution in [3.8, 4) is 0 Å². The van der Waals surface area contributed by atoms with E-state index in [1.54, 1.807) is 30.0 Å². The molecule has 0 amide bonds. The maximum atomic E-state index is 12.3. The number of hydrogen-bond acceptors (Lipinski definition) is 3. The summed E-state index contributed by atoms with van der Waals surface area (Å²) in [5, 5.41) is 0. The highest BCUT2D eigenvalue weighted by Gasteiger charge is 2.08. The minimum Gasteiger partial charge on any atom is -0.289 e. The lowest BCUT2D eigenvalue weighted by atomic mass is 10.0. The summed E-state index contributed by atoms with van der Waals surface area (Å²) in [6, 6.07) is 31.6. The predicted molar refractivity (Wildman–Crippen MR) is 141 cm³/mol. The zero-order chi connectivity index (χ0) is 24.1. The first-order valence-corrected chi connectivity index (χ1v) is 11.6. The van der Waals surface area contributed by atoms with Crippen LogP contribution in [0.3, 0.4) is 0 Å². The number of rotatable bonds is 4. The Morgan fingerprint density at radius 2 is 1.24 bits per heavy atom. The maximum absolute atomic E-state index is 12.3. The second-order valence-corrected chi connectivity index (χ2v) is 8.68. The molecule has 0 radical (unpaired) electrons. The zero-order valence-corrected chi connectivity index (χ0v) is 20.5. The lowest BCUT2D eigenvalue weighted by molar-refractivity contribution is 0.103. The van der Waals surface area contributed by atoms with Crippen LogP contribution in [-0.4, -0.2) is 5.78 Å². The largest absolute Gasteiger partial charge is 0.289 e. The molecule has 0 spiro atoms. The van der Waals surface area contributed by atoms with Crippen LogP contribution in [0.1, 0.15) is 28.4 Å². The Labute approximate surface area is 205 Å². The summed E-state index contributed by atoms with van der Waals surface area (Å²) in [4.78, 5) is 15.5. The van der Waals surface area contributed by atoms with Crippen LogP contribution in [0, 0.1) is 12.7 Å². The summed E-state index contributed by atoms with van der Waals surface area (Å²) < 4.78 is 12.1. The molecule has 33 heavy (non-hydrogen) atoms. The van der Waals surface area contributed by atoms with Crippen LogP contribution in [0.15, 0.2) is 130 Å².